The number of aromatic nitrogens is 2. The number of guanidine groups is 1. The lowest BCUT2D eigenvalue weighted by Gasteiger charge is -2.18. The standard InChI is InChI=1S/C15H30N6O/c1-16-15(17-7-4-11-21-12-5-8-19-21)18-9-13-20(2)10-6-14-22-3/h5,8,12H,4,6-7,9-11,13-14H2,1-3H3,(H2,16,17,18). The Labute approximate surface area is 133 Å². The zero-order valence-corrected chi connectivity index (χ0v) is 14.1. The van der Waals surface area contributed by atoms with Crippen LogP contribution in [0.4, 0.5) is 0 Å². The molecule has 0 atom stereocenters. The van der Waals surface area contributed by atoms with Crippen molar-refractivity contribution in [2.24, 2.45) is 4.99 Å². The highest BCUT2D eigenvalue weighted by atomic mass is 16.5. The zero-order valence-electron chi connectivity index (χ0n) is 14.1. The van der Waals surface area contributed by atoms with Gasteiger partial charge >= 0.3 is 0 Å². The molecule has 1 aromatic rings. The smallest absolute Gasteiger partial charge is 0.191 e. The highest BCUT2D eigenvalue weighted by Gasteiger charge is 2.00. The average Bonchev–Trinajstić information content (AvgIpc) is 3.03. The summed E-state index contributed by atoms with van der Waals surface area (Å²) in [5.41, 5.74) is 0. The van der Waals surface area contributed by atoms with Gasteiger partial charge in [0.1, 0.15) is 0 Å². The number of nitrogens with one attached hydrogen (secondary N) is 2. The molecule has 7 nitrogen and oxygen atoms in total. The molecule has 1 rings (SSSR count). The molecule has 1 heterocycles. The minimum absolute atomic E-state index is 0.817. The van der Waals surface area contributed by atoms with Gasteiger partial charge in [0, 0.05) is 65.9 Å². The Morgan fingerprint density at radius 3 is 2.77 bits per heavy atom. The van der Waals surface area contributed by atoms with Crippen molar-refractivity contribution in [3.63, 3.8) is 0 Å². The predicted octanol–water partition coefficient (Wildman–Crippen LogP) is 0.407. The first-order chi connectivity index (χ1) is 10.8. The minimum Gasteiger partial charge on any atom is -0.385 e. The predicted molar refractivity (Wildman–Crippen MR) is 90.2 cm³/mol. The SMILES string of the molecule is CN=C(NCCCn1cccn1)NCCN(C)CCCOC. The van der Waals surface area contributed by atoms with E-state index in [1.165, 1.54) is 0 Å². The minimum atomic E-state index is 0.817. The molecule has 2 N–H and O–H groups in total. The molecule has 0 radical (unpaired) electrons. The molecule has 22 heavy (non-hydrogen) atoms. The zero-order chi connectivity index (χ0) is 16.0. The summed E-state index contributed by atoms with van der Waals surface area (Å²) < 4.78 is 6.99. The van der Waals surface area contributed by atoms with Gasteiger partial charge in [-0.15, -0.1) is 0 Å². The van der Waals surface area contributed by atoms with Crippen LogP contribution in [0.5, 0.6) is 0 Å². The Balaban J connectivity index is 2.04. The van der Waals surface area contributed by atoms with Gasteiger partial charge in [0.25, 0.3) is 0 Å². The molecular weight excluding hydrogens is 280 g/mol. The van der Waals surface area contributed by atoms with E-state index in [2.05, 4.69) is 32.7 Å². The number of nitrogens with zero attached hydrogens (tertiary/aromatic N) is 4. The molecule has 1 aromatic heterocycles. The van der Waals surface area contributed by atoms with Gasteiger partial charge in [0.05, 0.1) is 0 Å². The quantitative estimate of drug-likeness (QED) is 0.352. The fraction of sp³-hybridized carbons (Fsp3) is 0.733. The van der Waals surface area contributed by atoms with E-state index in [1.807, 2.05) is 16.9 Å². The van der Waals surface area contributed by atoms with E-state index >= 15 is 0 Å². The van der Waals surface area contributed by atoms with Crippen molar-refractivity contribution in [3.8, 4) is 0 Å². The second-order valence-electron chi connectivity index (χ2n) is 5.20. The van der Waals surface area contributed by atoms with Crippen LogP contribution in [0.15, 0.2) is 23.5 Å². The lowest BCUT2D eigenvalue weighted by atomic mass is 10.4. The summed E-state index contributed by atoms with van der Waals surface area (Å²) >= 11 is 0. The van der Waals surface area contributed by atoms with Gasteiger partial charge in [0.15, 0.2) is 5.96 Å². The van der Waals surface area contributed by atoms with E-state index in [9.17, 15) is 0 Å². The molecule has 0 aromatic carbocycles. The molecule has 7 heteroatoms. The molecule has 0 saturated heterocycles. The van der Waals surface area contributed by atoms with Gasteiger partial charge in [-0.3, -0.25) is 9.67 Å². The first kappa shape index (κ1) is 18.4. The van der Waals surface area contributed by atoms with Crippen molar-refractivity contribution in [2.45, 2.75) is 19.4 Å². The van der Waals surface area contributed by atoms with E-state index in [0.717, 1.165) is 58.1 Å². The molecule has 0 unspecified atom stereocenters. The third kappa shape index (κ3) is 8.63. The Kier molecular flexibility index (Phi) is 10.1. The van der Waals surface area contributed by atoms with Crippen molar-refractivity contribution in [1.29, 1.82) is 0 Å². The Bertz CT molecular complexity index is 393. The van der Waals surface area contributed by atoms with Crippen LogP contribution in [0, 0.1) is 0 Å². The monoisotopic (exact) mass is 310 g/mol. The van der Waals surface area contributed by atoms with Crippen LogP contribution in [0.2, 0.25) is 0 Å². The second kappa shape index (κ2) is 12.0. The summed E-state index contributed by atoms with van der Waals surface area (Å²) in [4.78, 5) is 6.52. The van der Waals surface area contributed by atoms with Crippen LogP contribution >= 0.6 is 0 Å². The van der Waals surface area contributed by atoms with E-state index < -0.39 is 0 Å². The van der Waals surface area contributed by atoms with Gasteiger partial charge in [-0.05, 0) is 26.0 Å². The number of aliphatic imine (C=N–C) groups is 1. The average molecular weight is 310 g/mol. The summed E-state index contributed by atoms with van der Waals surface area (Å²) in [6.45, 7) is 5.52. The maximum Gasteiger partial charge on any atom is 0.191 e. The van der Waals surface area contributed by atoms with Crippen LogP contribution < -0.4 is 10.6 Å². The number of methoxy groups -OCH3 is 1. The molecule has 0 aliphatic carbocycles. The number of likely N-dealkylation sites (N-methyl/N-ethyl adjacent to an activating group) is 1. The van der Waals surface area contributed by atoms with Crippen LogP contribution in [0.3, 0.4) is 0 Å². The normalized spacial score (nSPS) is 11.9. The fourth-order valence-electron chi connectivity index (χ4n) is 2.06. The van der Waals surface area contributed by atoms with E-state index in [-0.39, 0.29) is 0 Å². The second-order valence-corrected chi connectivity index (χ2v) is 5.20. The van der Waals surface area contributed by atoms with Gasteiger partial charge < -0.3 is 20.3 Å². The summed E-state index contributed by atoms with van der Waals surface area (Å²) in [7, 11) is 5.66. The molecule has 0 bridgehead atoms. The first-order valence-corrected chi connectivity index (χ1v) is 7.85. The highest BCUT2D eigenvalue weighted by Crippen LogP contribution is 1.89. The molecule has 126 valence electrons. The number of hydrogen-bond donors (Lipinski definition) is 2. The van der Waals surface area contributed by atoms with E-state index in [0.29, 0.717) is 0 Å². The first-order valence-electron chi connectivity index (χ1n) is 7.85. The van der Waals surface area contributed by atoms with Crippen molar-refractivity contribution in [2.75, 3.05) is 54.0 Å². The Hall–Kier alpha value is -1.60. The third-order valence-electron chi connectivity index (χ3n) is 3.31. The molecule has 0 saturated carbocycles. The van der Waals surface area contributed by atoms with Crippen LogP contribution in [-0.4, -0.2) is 74.6 Å². The van der Waals surface area contributed by atoms with Crippen molar-refractivity contribution >= 4 is 5.96 Å². The van der Waals surface area contributed by atoms with E-state index in [1.54, 1.807) is 20.4 Å². The third-order valence-corrected chi connectivity index (χ3v) is 3.31. The number of aryl methyl sites for hydroxylation is 1. The maximum absolute atomic E-state index is 5.06. The topological polar surface area (TPSA) is 66.7 Å². The van der Waals surface area contributed by atoms with E-state index in [4.69, 9.17) is 4.74 Å². The molecule has 0 spiro atoms. The number of rotatable bonds is 11. The maximum atomic E-state index is 5.06. The molecule has 0 fully saturated rings. The number of ether oxygens (including phenoxy) is 1. The molecule has 0 aliphatic heterocycles. The van der Waals surface area contributed by atoms with Gasteiger partial charge in [0.2, 0.25) is 0 Å². The van der Waals surface area contributed by atoms with Gasteiger partial charge in [-0.2, -0.15) is 5.10 Å². The lowest BCUT2D eigenvalue weighted by molar-refractivity contribution is 0.180. The van der Waals surface area contributed by atoms with Gasteiger partial charge in [-0.1, -0.05) is 0 Å². The summed E-state index contributed by atoms with van der Waals surface area (Å²) in [6, 6.07) is 1.94. The van der Waals surface area contributed by atoms with Crippen molar-refractivity contribution < 1.29 is 4.74 Å². The number of hydrogen-bond acceptors (Lipinski definition) is 4. The summed E-state index contributed by atoms with van der Waals surface area (Å²) in [5.74, 6) is 0.853. The molecular formula is C15H30N6O. The largest absolute Gasteiger partial charge is 0.385 e. The fourth-order valence-corrected chi connectivity index (χ4v) is 2.06. The Morgan fingerprint density at radius 2 is 2.09 bits per heavy atom. The highest BCUT2D eigenvalue weighted by molar-refractivity contribution is 5.79. The molecule has 0 aliphatic rings. The lowest BCUT2D eigenvalue weighted by Crippen LogP contribution is -2.41. The van der Waals surface area contributed by atoms with Crippen LogP contribution in [0.1, 0.15) is 12.8 Å². The summed E-state index contributed by atoms with van der Waals surface area (Å²) in [6.07, 6.45) is 5.86. The van der Waals surface area contributed by atoms with Crippen molar-refractivity contribution in [1.82, 2.24) is 25.3 Å². The Morgan fingerprint density at radius 1 is 1.27 bits per heavy atom. The van der Waals surface area contributed by atoms with Crippen LogP contribution in [-0.2, 0) is 11.3 Å². The van der Waals surface area contributed by atoms with Gasteiger partial charge in [-0.25, -0.2) is 0 Å². The van der Waals surface area contributed by atoms with Crippen LogP contribution in [0.25, 0.3) is 0 Å². The summed E-state index contributed by atoms with van der Waals surface area (Å²) in [5, 5.41) is 10.8. The van der Waals surface area contributed by atoms with Crippen molar-refractivity contribution in [3.05, 3.63) is 18.5 Å². The molecule has 0 amide bonds.